The summed E-state index contributed by atoms with van der Waals surface area (Å²) in [5, 5.41) is 9.39. The van der Waals surface area contributed by atoms with E-state index in [2.05, 4.69) is 17.1 Å². The fourth-order valence-corrected chi connectivity index (χ4v) is 4.30. The second-order valence-corrected chi connectivity index (χ2v) is 7.79. The van der Waals surface area contributed by atoms with E-state index < -0.39 is 0 Å². The van der Waals surface area contributed by atoms with Crippen molar-refractivity contribution < 1.29 is 9.84 Å². The third kappa shape index (κ3) is 4.25. The number of pyridine rings is 1. The molecule has 1 aromatic heterocycles. The Morgan fingerprint density at radius 1 is 1.22 bits per heavy atom. The van der Waals surface area contributed by atoms with Gasteiger partial charge >= 0.3 is 0 Å². The zero-order valence-corrected chi connectivity index (χ0v) is 17.0. The molecule has 1 N–H and O–H groups in total. The first-order chi connectivity index (χ1) is 13.0. The van der Waals surface area contributed by atoms with Crippen LogP contribution in [0.1, 0.15) is 38.2 Å². The normalized spacial score (nSPS) is 21.0. The molecule has 2 aromatic rings. The van der Waals surface area contributed by atoms with Crippen molar-refractivity contribution in [1.29, 1.82) is 0 Å². The monoisotopic (exact) mass is 397 g/mol. The van der Waals surface area contributed by atoms with Crippen molar-refractivity contribution in [2.75, 3.05) is 6.61 Å². The van der Waals surface area contributed by atoms with Crippen LogP contribution in [0.4, 0.5) is 0 Å². The van der Waals surface area contributed by atoms with Gasteiger partial charge in [0.05, 0.1) is 5.41 Å². The molecule has 3 rings (SSSR count). The lowest BCUT2D eigenvalue weighted by molar-refractivity contribution is 0.356. The number of phenolic OH excluding ortho intramolecular Hbond substituents is 1. The highest BCUT2D eigenvalue weighted by atomic mass is 32.1. The van der Waals surface area contributed by atoms with Gasteiger partial charge in [-0.2, -0.15) is 0 Å². The molecule has 0 aliphatic heterocycles. The molecular weight excluding hydrogens is 374 g/mol. The van der Waals surface area contributed by atoms with E-state index in [1.54, 1.807) is 30.5 Å². The number of allylic oxidation sites excluding steroid dienone is 1. The van der Waals surface area contributed by atoms with Gasteiger partial charge in [-0.25, -0.2) is 0 Å². The van der Waals surface area contributed by atoms with Gasteiger partial charge in [0.25, 0.3) is 0 Å². The van der Waals surface area contributed by atoms with E-state index in [9.17, 15) is 5.11 Å². The van der Waals surface area contributed by atoms with Crippen molar-refractivity contribution in [3.63, 3.8) is 0 Å². The molecule has 1 fully saturated rings. The minimum absolute atomic E-state index is 0.227. The van der Waals surface area contributed by atoms with Gasteiger partial charge in [0, 0.05) is 22.1 Å². The van der Waals surface area contributed by atoms with Crippen LogP contribution in [0, 0.1) is 0 Å². The Kier molecular flexibility index (Phi) is 6.34. The number of phenols is 1. The molecule has 1 aliphatic carbocycles. The summed E-state index contributed by atoms with van der Waals surface area (Å²) in [6.07, 6.45) is 9.98. The molecule has 0 bridgehead atoms. The van der Waals surface area contributed by atoms with Gasteiger partial charge < -0.3 is 9.84 Å². The van der Waals surface area contributed by atoms with E-state index in [0.717, 1.165) is 46.7 Å². The van der Waals surface area contributed by atoms with Gasteiger partial charge in [-0.05, 0) is 68.2 Å². The van der Waals surface area contributed by atoms with E-state index in [1.807, 2.05) is 19.2 Å². The highest BCUT2D eigenvalue weighted by Crippen LogP contribution is 2.45. The highest BCUT2D eigenvalue weighted by molar-refractivity contribution is 7.89. The molecule has 3 nitrogen and oxygen atoms in total. The first kappa shape index (κ1) is 19.6. The minimum atomic E-state index is -0.369. The van der Waals surface area contributed by atoms with Crippen LogP contribution in [0.5, 0.6) is 11.5 Å². The lowest BCUT2D eigenvalue weighted by Gasteiger charge is -2.41. The van der Waals surface area contributed by atoms with Gasteiger partial charge in [-0.15, -0.1) is 0 Å². The molecule has 1 aromatic carbocycles. The Morgan fingerprint density at radius 2 is 2.00 bits per heavy atom. The van der Waals surface area contributed by atoms with Crippen LogP contribution in [0.2, 0.25) is 0 Å². The van der Waals surface area contributed by atoms with Crippen molar-refractivity contribution >= 4 is 34.2 Å². The molecule has 1 aliphatic rings. The molecule has 0 saturated heterocycles. The molecule has 0 radical (unpaired) electrons. The number of benzene rings is 1. The van der Waals surface area contributed by atoms with Gasteiger partial charge in [-0.1, -0.05) is 42.5 Å². The number of rotatable bonds is 6. The second kappa shape index (κ2) is 8.72. The zero-order valence-electron chi connectivity index (χ0n) is 15.4. The summed E-state index contributed by atoms with van der Waals surface area (Å²) in [5.41, 5.74) is 2.00. The molecular formula is C22H23NO2S2. The summed E-state index contributed by atoms with van der Waals surface area (Å²) in [7, 11) is 0. The molecule has 1 saturated carbocycles. The van der Waals surface area contributed by atoms with Crippen LogP contribution in [0.3, 0.4) is 0 Å². The number of ether oxygens (including phenoxy) is 1. The van der Waals surface area contributed by atoms with Crippen LogP contribution < -0.4 is 4.74 Å². The lowest BCUT2D eigenvalue weighted by Crippen LogP contribution is -2.42. The summed E-state index contributed by atoms with van der Waals surface area (Å²) in [6.45, 7) is 2.36. The molecule has 1 atom stereocenters. The summed E-state index contributed by atoms with van der Waals surface area (Å²) in [6, 6.07) is 10.8. The van der Waals surface area contributed by atoms with Gasteiger partial charge in [-0.3, -0.25) is 4.98 Å². The van der Waals surface area contributed by atoms with Crippen LogP contribution in [-0.4, -0.2) is 26.4 Å². The van der Waals surface area contributed by atoms with Gasteiger partial charge in [0.2, 0.25) is 0 Å². The van der Waals surface area contributed by atoms with Crippen LogP contribution >= 0.6 is 24.4 Å². The first-order valence-corrected chi connectivity index (χ1v) is 9.93. The van der Waals surface area contributed by atoms with Crippen molar-refractivity contribution in [2.24, 2.45) is 0 Å². The molecule has 140 valence electrons. The quantitative estimate of drug-likeness (QED) is 0.525. The number of hydrogen-bond donors (Lipinski definition) is 1. The van der Waals surface area contributed by atoms with Crippen LogP contribution in [0.15, 0.2) is 60.4 Å². The number of aromatic nitrogens is 1. The summed E-state index contributed by atoms with van der Waals surface area (Å²) >= 11 is 11.3. The maximum Gasteiger partial charge on any atom is 0.120 e. The van der Waals surface area contributed by atoms with Crippen LogP contribution in [0.25, 0.3) is 0 Å². The molecule has 0 spiro atoms. The smallest absolute Gasteiger partial charge is 0.120 e. The Labute approximate surface area is 171 Å². The SMILES string of the molecule is CC(=S)C(=S)C1(c2cccnc2)CCCCC1=CCOc1ccc(O)cc1. The van der Waals surface area contributed by atoms with Gasteiger partial charge in [0.15, 0.2) is 0 Å². The third-order valence-electron chi connectivity index (χ3n) is 5.07. The maximum atomic E-state index is 9.39. The summed E-state index contributed by atoms with van der Waals surface area (Å²) in [4.78, 5) is 5.92. The predicted molar refractivity (Wildman–Crippen MR) is 117 cm³/mol. The summed E-state index contributed by atoms with van der Waals surface area (Å²) < 4.78 is 5.85. The summed E-state index contributed by atoms with van der Waals surface area (Å²) in [5.74, 6) is 0.950. The third-order valence-corrected chi connectivity index (χ3v) is 6.06. The first-order valence-electron chi connectivity index (χ1n) is 9.11. The number of aromatic hydroxyl groups is 1. The maximum absolute atomic E-state index is 9.39. The zero-order chi connectivity index (χ0) is 19.3. The lowest BCUT2D eigenvalue weighted by atomic mass is 9.64. The Balaban J connectivity index is 1.93. The topological polar surface area (TPSA) is 42.4 Å². The van der Waals surface area contributed by atoms with Crippen molar-refractivity contribution in [3.05, 3.63) is 66.0 Å². The van der Waals surface area contributed by atoms with E-state index in [0.29, 0.717) is 6.61 Å². The Morgan fingerprint density at radius 3 is 2.67 bits per heavy atom. The molecule has 1 unspecified atom stereocenters. The Bertz CT molecular complexity index is 846. The van der Waals surface area contributed by atoms with Crippen LogP contribution in [-0.2, 0) is 5.41 Å². The number of nitrogens with zero attached hydrogens (tertiary/aromatic N) is 1. The fourth-order valence-electron chi connectivity index (χ4n) is 3.77. The standard InChI is InChI=1S/C22H23NO2S2/c1-16(26)21(27)22(18-6-4-13-23-15-18)12-3-2-5-17(22)11-14-25-20-9-7-19(24)8-10-20/h4,6-11,13,15,24H,2-3,5,12,14H2,1H3. The number of thiocarbonyl (C=S) groups is 2. The highest BCUT2D eigenvalue weighted by Gasteiger charge is 2.42. The van der Waals surface area contributed by atoms with E-state index in [-0.39, 0.29) is 11.2 Å². The molecule has 1 heterocycles. The van der Waals surface area contributed by atoms with Crippen molar-refractivity contribution in [1.82, 2.24) is 4.98 Å². The molecule has 27 heavy (non-hydrogen) atoms. The minimum Gasteiger partial charge on any atom is -0.508 e. The fraction of sp³-hybridized carbons (Fsp3) is 0.318. The van der Waals surface area contributed by atoms with E-state index in [4.69, 9.17) is 29.2 Å². The Hall–Kier alpha value is -2.11. The van der Waals surface area contributed by atoms with E-state index >= 15 is 0 Å². The largest absolute Gasteiger partial charge is 0.508 e. The van der Waals surface area contributed by atoms with Gasteiger partial charge in [0.1, 0.15) is 18.1 Å². The average Bonchev–Trinajstić information content (AvgIpc) is 2.70. The predicted octanol–water partition coefficient (Wildman–Crippen LogP) is 5.36. The molecule has 5 heteroatoms. The second-order valence-electron chi connectivity index (χ2n) is 6.77. The van der Waals surface area contributed by atoms with E-state index in [1.165, 1.54) is 5.57 Å². The average molecular weight is 398 g/mol. The van der Waals surface area contributed by atoms with Crippen molar-refractivity contribution in [2.45, 2.75) is 38.0 Å². The molecule has 0 amide bonds. The van der Waals surface area contributed by atoms with Crippen molar-refractivity contribution in [3.8, 4) is 11.5 Å². The number of hydrogen-bond acceptors (Lipinski definition) is 5.